The predicted octanol–water partition coefficient (Wildman–Crippen LogP) is 5.52. The van der Waals surface area contributed by atoms with Crippen LogP contribution in [0, 0.1) is 22.7 Å². The van der Waals surface area contributed by atoms with Crippen LogP contribution < -0.4 is 0 Å². The highest BCUT2D eigenvalue weighted by atomic mass is 16.3. The van der Waals surface area contributed by atoms with Gasteiger partial charge in [-0.1, -0.05) is 30.3 Å². The molecule has 2 heterocycles. The van der Waals surface area contributed by atoms with Crippen LogP contribution in [0.2, 0.25) is 0 Å². The topological polar surface area (TPSA) is 73.9 Å². The highest BCUT2D eigenvalue weighted by molar-refractivity contribution is 5.91. The fourth-order valence-electron chi connectivity index (χ4n) is 3.77. The van der Waals surface area contributed by atoms with Crippen LogP contribution in [0.5, 0.6) is 0 Å². The molecule has 2 aromatic heterocycles. The zero-order valence-electron chi connectivity index (χ0n) is 14.2. The average molecular weight is 348 g/mol. The molecule has 27 heavy (non-hydrogen) atoms. The monoisotopic (exact) mass is 348 g/mol. The minimum Gasteiger partial charge on any atom is -0.446 e. The minimum absolute atomic E-state index is 0.261. The van der Waals surface area contributed by atoms with Crippen molar-refractivity contribution in [3.05, 3.63) is 83.3 Å². The van der Waals surface area contributed by atoms with E-state index in [9.17, 15) is 0 Å². The van der Waals surface area contributed by atoms with E-state index in [0.717, 1.165) is 28.7 Å². The van der Waals surface area contributed by atoms with E-state index in [1.807, 2.05) is 36.4 Å². The minimum atomic E-state index is 0.261. The lowest BCUT2D eigenvalue weighted by atomic mass is 9.93. The average Bonchev–Trinajstić information content (AvgIpc) is 3.44. The van der Waals surface area contributed by atoms with Gasteiger partial charge < -0.3 is 8.83 Å². The maximum Gasteiger partial charge on any atom is 0.204 e. The van der Waals surface area contributed by atoms with Gasteiger partial charge in [0.1, 0.15) is 23.7 Å². The van der Waals surface area contributed by atoms with Crippen molar-refractivity contribution in [1.29, 1.82) is 10.5 Å². The lowest BCUT2D eigenvalue weighted by Gasteiger charge is -2.11. The van der Waals surface area contributed by atoms with Crippen LogP contribution in [0.4, 0.5) is 0 Å². The Kier molecular flexibility index (Phi) is 3.25. The molecule has 0 atom stereocenters. The Labute approximate surface area is 155 Å². The van der Waals surface area contributed by atoms with Crippen molar-refractivity contribution in [3.63, 3.8) is 0 Å². The van der Waals surface area contributed by atoms with Gasteiger partial charge in [-0.15, -0.1) is 0 Å². The second kappa shape index (κ2) is 5.76. The lowest BCUT2D eigenvalue weighted by molar-refractivity contribution is 0.560. The number of fused-ring (bicyclic) bond motifs is 3. The Morgan fingerprint density at radius 3 is 2.07 bits per heavy atom. The first-order valence-corrected chi connectivity index (χ1v) is 8.53. The van der Waals surface area contributed by atoms with Gasteiger partial charge in [0.25, 0.3) is 0 Å². The predicted molar refractivity (Wildman–Crippen MR) is 99.5 cm³/mol. The summed E-state index contributed by atoms with van der Waals surface area (Å²) in [5.41, 5.74) is 6.53. The molecule has 4 nitrogen and oxygen atoms in total. The zero-order valence-corrected chi connectivity index (χ0v) is 14.2. The molecule has 126 valence electrons. The fraction of sp³-hybridized carbons (Fsp3) is 0.0435. The van der Waals surface area contributed by atoms with E-state index in [1.165, 1.54) is 11.1 Å². The molecule has 0 aliphatic heterocycles. The van der Waals surface area contributed by atoms with E-state index < -0.39 is 0 Å². The van der Waals surface area contributed by atoms with Crippen molar-refractivity contribution in [2.75, 3.05) is 0 Å². The largest absolute Gasteiger partial charge is 0.446 e. The Morgan fingerprint density at radius 2 is 1.33 bits per heavy atom. The number of furan rings is 2. The summed E-state index contributed by atoms with van der Waals surface area (Å²) in [6, 6.07) is 23.4. The van der Waals surface area contributed by atoms with Gasteiger partial charge in [0.2, 0.25) is 11.5 Å². The first-order chi connectivity index (χ1) is 13.3. The van der Waals surface area contributed by atoms with Crippen LogP contribution >= 0.6 is 0 Å². The summed E-state index contributed by atoms with van der Waals surface area (Å²) < 4.78 is 11.5. The molecule has 0 unspecified atom stereocenters. The maximum absolute atomic E-state index is 9.16. The van der Waals surface area contributed by atoms with E-state index in [-0.39, 0.29) is 11.5 Å². The maximum atomic E-state index is 9.16. The number of benzene rings is 2. The number of nitrogens with zero attached hydrogens (tertiary/aromatic N) is 2. The smallest absolute Gasteiger partial charge is 0.204 e. The van der Waals surface area contributed by atoms with Gasteiger partial charge in [-0.25, -0.2) is 0 Å². The molecule has 0 fully saturated rings. The molecule has 0 saturated heterocycles. The zero-order chi connectivity index (χ0) is 18.4. The highest BCUT2D eigenvalue weighted by Gasteiger charge is 2.26. The summed E-state index contributed by atoms with van der Waals surface area (Å²) in [4.78, 5) is 0. The van der Waals surface area contributed by atoms with Gasteiger partial charge in [0.15, 0.2) is 0 Å². The van der Waals surface area contributed by atoms with Crippen LogP contribution in [-0.4, -0.2) is 0 Å². The number of rotatable bonds is 2. The second-order valence-corrected chi connectivity index (χ2v) is 6.40. The van der Waals surface area contributed by atoms with Crippen LogP contribution in [0.25, 0.3) is 33.8 Å². The Balaban J connectivity index is 1.79. The number of hydrogen-bond acceptors (Lipinski definition) is 4. The van der Waals surface area contributed by atoms with Crippen LogP contribution in [0.1, 0.15) is 22.6 Å². The van der Waals surface area contributed by atoms with Crippen LogP contribution in [0.15, 0.2) is 69.5 Å². The van der Waals surface area contributed by atoms with Gasteiger partial charge in [0, 0.05) is 11.1 Å². The van der Waals surface area contributed by atoms with Gasteiger partial charge in [-0.3, -0.25) is 0 Å². The van der Waals surface area contributed by atoms with E-state index >= 15 is 0 Å². The second-order valence-electron chi connectivity index (χ2n) is 6.40. The van der Waals surface area contributed by atoms with E-state index in [0.29, 0.717) is 11.5 Å². The van der Waals surface area contributed by atoms with Crippen molar-refractivity contribution in [2.24, 2.45) is 0 Å². The summed E-state index contributed by atoms with van der Waals surface area (Å²) in [6.45, 7) is 0. The molecule has 0 N–H and O–H groups in total. The van der Waals surface area contributed by atoms with Gasteiger partial charge in [-0.2, -0.15) is 10.5 Å². The van der Waals surface area contributed by atoms with Crippen molar-refractivity contribution in [1.82, 2.24) is 0 Å². The summed E-state index contributed by atoms with van der Waals surface area (Å²) in [5.74, 6) is 1.76. The molecular formula is C23H12N2O2. The van der Waals surface area contributed by atoms with Crippen LogP contribution in [0.3, 0.4) is 0 Å². The first kappa shape index (κ1) is 15.3. The Bertz CT molecular complexity index is 1280. The molecule has 0 saturated carbocycles. The van der Waals surface area contributed by atoms with Gasteiger partial charge in [-0.05, 0) is 59.0 Å². The third kappa shape index (κ3) is 2.28. The number of nitriles is 2. The molecule has 1 aliphatic carbocycles. The van der Waals surface area contributed by atoms with Crippen LogP contribution in [-0.2, 0) is 6.42 Å². The fourth-order valence-corrected chi connectivity index (χ4v) is 3.77. The molecule has 0 radical (unpaired) electrons. The molecular weight excluding hydrogens is 336 g/mol. The van der Waals surface area contributed by atoms with E-state index in [2.05, 4.69) is 18.2 Å². The third-order valence-corrected chi connectivity index (χ3v) is 4.93. The van der Waals surface area contributed by atoms with Gasteiger partial charge >= 0.3 is 0 Å². The van der Waals surface area contributed by atoms with Gasteiger partial charge in [0.05, 0.1) is 0 Å². The summed E-state index contributed by atoms with van der Waals surface area (Å²) in [6.07, 6.45) is 0.781. The Morgan fingerprint density at radius 1 is 0.667 bits per heavy atom. The standard InChI is InChI=1S/C23H12N2O2/c24-12-15-5-9-21(26-15)19-8-7-18-17-4-2-1-3-14(17)11-20(18)23(19)22-10-6-16(13-25)27-22/h1-10H,11H2. The molecule has 1 aliphatic rings. The van der Waals surface area contributed by atoms with Crippen molar-refractivity contribution in [2.45, 2.75) is 6.42 Å². The quantitative estimate of drug-likeness (QED) is 0.421. The van der Waals surface area contributed by atoms with E-state index in [1.54, 1.807) is 18.2 Å². The Hall–Kier alpha value is -4.02. The normalized spacial score (nSPS) is 11.5. The molecule has 5 rings (SSSR count). The van der Waals surface area contributed by atoms with E-state index in [4.69, 9.17) is 19.4 Å². The molecule has 4 aromatic rings. The number of hydrogen-bond donors (Lipinski definition) is 0. The molecule has 0 bridgehead atoms. The molecule has 0 spiro atoms. The summed E-state index contributed by atoms with van der Waals surface area (Å²) in [7, 11) is 0. The summed E-state index contributed by atoms with van der Waals surface area (Å²) >= 11 is 0. The van der Waals surface area contributed by atoms with Crippen molar-refractivity contribution in [3.8, 4) is 45.9 Å². The SMILES string of the molecule is N#Cc1ccc(-c2ccc3c(c2-c2ccc(C#N)o2)Cc2ccccc2-3)o1. The first-order valence-electron chi connectivity index (χ1n) is 8.53. The molecule has 0 amide bonds. The highest BCUT2D eigenvalue weighted by Crippen LogP contribution is 2.46. The molecule has 4 heteroatoms. The van der Waals surface area contributed by atoms with Crippen molar-refractivity contribution >= 4 is 0 Å². The van der Waals surface area contributed by atoms with Crippen molar-refractivity contribution < 1.29 is 8.83 Å². The molecule has 2 aromatic carbocycles. The third-order valence-electron chi connectivity index (χ3n) is 4.93. The lowest BCUT2D eigenvalue weighted by Crippen LogP contribution is -1.91. The summed E-state index contributed by atoms with van der Waals surface area (Å²) in [5, 5.41) is 18.3.